The summed E-state index contributed by atoms with van der Waals surface area (Å²) in [6.45, 7) is 6.12. The van der Waals surface area contributed by atoms with Gasteiger partial charge in [0.2, 0.25) is 5.95 Å². The lowest BCUT2D eigenvalue weighted by Crippen LogP contribution is -2.48. The molecule has 1 aromatic carbocycles. The zero-order chi connectivity index (χ0) is 22.8. The number of hydrogen-bond donors (Lipinski definition) is 2. The van der Waals surface area contributed by atoms with Gasteiger partial charge in [-0.2, -0.15) is 4.98 Å². The zero-order valence-corrected chi connectivity index (χ0v) is 18.8. The van der Waals surface area contributed by atoms with Crippen LogP contribution >= 0.6 is 0 Å². The molecule has 33 heavy (non-hydrogen) atoms. The van der Waals surface area contributed by atoms with Crippen molar-refractivity contribution in [1.29, 1.82) is 0 Å². The number of carbonyl (C=O) groups is 1. The number of hydrogen-bond acceptors (Lipinski definition) is 8. The molecule has 2 aromatic heterocycles. The second-order valence-corrected chi connectivity index (χ2v) is 8.78. The van der Waals surface area contributed by atoms with Crippen LogP contribution in [0.4, 0.5) is 17.5 Å². The number of aliphatic hydroxyl groups excluding tert-OH is 1. The van der Waals surface area contributed by atoms with Crippen molar-refractivity contribution in [3.63, 3.8) is 0 Å². The van der Waals surface area contributed by atoms with Crippen LogP contribution in [0.25, 0.3) is 0 Å². The summed E-state index contributed by atoms with van der Waals surface area (Å²) < 4.78 is 5.61. The van der Waals surface area contributed by atoms with Crippen LogP contribution in [0.15, 0.2) is 47.1 Å². The van der Waals surface area contributed by atoms with Gasteiger partial charge in [-0.3, -0.25) is 9.69 Å². The lowest BCUT2D eigenvalue weighted by atomic mass is 9.84. The molecule has 1 aliphatic heterocycles. The third-order valence-electron chi connectivity index (χ3n) is 6.45. The third-order valence-corrected chi connectivity index (χ3v) is 6.45. The van der Waals surface area contributed by atoms with Gasteiger partial charge >= 0.3 is 0 Å². The van der Waals surface area contributed by atoms with Gasteiger partial charge in [0.15, 0.2) is 5.78 Å². The van der Waals surface area contributed by atoms with Crippen molar-refractivity contribution < 1.29 is 14.3 Å². The molecule has 0 radical (unpaired) electrons. The van der Waals surface area contributed by atoms with Crippen LogP contribution < -0.4 is 10.2 Å². The summed E-state index contributed by atoms with van der Waals surface area (Å²) in [5.41, 5.74) is 3.41. The van der Waals surface area contributed by atoms with Gasteiger partial charge in [-0.1, -0.05) is 17.7 Å². The van der Waals surface area contributed by atoms with Crippen molar-refractivity contribution in [1.82, 2.24) is 14.9 Å². The lowest BCUT2D eigenvalue weighted by molar-refractivity contribution is 0.0959. The van der Waals surface area contributed by atoms with Crippen molar-refractivity contribution >= 4 is 23.2 Å². The van der Waals surface area contributed by atoms with E-state index < -0.39 is 0 Å². The molecule has 1 atom stereocenters. The van der Waals surface area contributed by atoms with Gasteiger partial charge in [-0.05, 0) is 31.2 Å². The molecule has 172 valence electrons. The number of rotatable bonds is 6. The fourth-order valence-electron chi connectivity index (χ4n) is 4.61. The number of furan rings is 1. The van der Waals surface area contributed by atoms with Crippen LogP contribution in [0.2, 0.25) is 0 Å². The fraction of sp³-hybridized carbons (Fsp3) is 0.400. The number of β-amino-alcohol motifs (C(OH)–C–C–N with tert-alkyl or cyclic N) is 1. The zero-order valence-electron chi connectivity index (χ0n) is 18.8. The van der Waals surface area contributed by atoms with Crippen molar-refractivity contribution in [3.8, 4) is 0 Å². The Balaban J connectivity index is 1.49. The first-order valence-corrected chi connectivity index (χ1v) is 11.5. The van der Waals surface area contributed by atoms with Crippen molar-refractivity contribution in [3.05, 3.63) is 65.2 Å². The maximum Gasteiger partial charge on any atom is 0.227 e. The number of aromatic nitrogens is 2. The number of aryl methyl sites for hydroxylation is 1. The highest BCUT2D eigenvalue weighted by Crippen LogP contribution is 2.36. The Kier molecular flexibility index (Phi) is 6.11. The monoisotopic (exact) mass is 447 g/mol. The second kappa shape index (κ2) is 9.33. The van der Waals surface area contributed by atoms with Crippen LogP contribution in [0.5, 0.6) is 0 Å². The van der Waals surface area contributed by atoms with Gasteiger partial charge in [0.1, 0.15) is 11.6 Å². The highest BCUT2D eigenvalue weighted by atomic mass is 16.3. The lowest BCUT2D eigenvalue weighted by Gasteiger charge is -2.35. The summed E-state index contributed by atoms with van der Waals surface area (Å²) in [6.07, 6.45) is 2.67. The molecular formula is C25H29N5O3. The second-order valence-electron chi connectivity index (χ2n) is 8.78. The van der Waals surface area contributed by atoms with E-state index in [2.05, 4.69) is 15.1 Å². The van der Waals surface area contributed by atoms with Crippen LogP contribution in [0, 0.1) is 6.92 Å². The predicted octanol–water partition coefficient (Wildman–Crippen LogP) is 3.15. The standard InChI is InChI=1S/C25H29N5O3/c1-17-4-6-19(7-5-17)26-24-23-20(15-18(16-21(23)32)22-3-2-14-33-22)27-25(28-24)30-10-8-29(9-11-30)12-13-31/h2-7,14,18,31H,8-13,15-16H2,1H3,(H,26,27,28). The Morgan fingerprint density at radius 1 is 1.09 bits per heavy atom. The molecule has 0 spiro atoms. The van der Waals surface area contributed by atoms with Gasteiger partial charge < -0.3 is 19.7 Å². The fourth-order valence-corrected chi connectivity index (χ4v) is 4.61. The molecule has 1 aliphatic carbocycles. The number of benzene rings is 1. The molecule has 0 amide bonds. The van der Waals surface area contributed by atoms with Crippen molar-refractivity contribution in [2.75, 3.05) is 49.5 Å². The first-order chi connectivity index (χ1) is 16.1. The van der Waals surface area contributed by atoms with Gasteiger partial charge in [0.05, 0.1) is 24.1 Å². The summed E-state index contributed by atoms with van der Waals surface area (Å²) in [7, 11) is 0. The van der Waals surface area contributed by atoms with Crippen LogP contribution in [-0.4, -0.2) is 65.1 Å². The van der Waals surface area contributed by atoms with E-state index >= 15 is 0 Å². The highest BCUT2D eigenvalue weighted by molar-refractivity contribution is 6.03. The molecule has 0 bridgehead atoms. The normalized spacial score (nSPS) is 18.9. The minimum Gasteiger partial charge on any atom is -0.469 e. The number of fused-ring (bicyclic) bond motifs is 1. The summed E-state index contributed by atoms with van der Waals surface area (Å²) >= 11 is 0. The number of anilines is 3. The molecule has 3 aromatic rings. The van der Waals surface area contributed by atoms with Crippen molar-refractivity contribution in [2.45, 2.75) is 25.7 Å². The topological polar surface area (TPSA) is 94.7 Å². The Morgan fingerprint density at radius 3 is 2.58 bits per heavy atom. The van der Waals surface area contributed by atoms with E-state index in [0.29, 0.717) is 36.7 Å². The maximum absolute atomic E-state index is 13.3. The Labute approximate surface area is 193 Å². The molecular weight excluding hydrogens is 418 g/mol. The molecule has 5 rings (SSSR count). The molecule has 8 heteroatoms. The van der Waals surface area contributed by atoms with E-state index in [0.717, 1.165) is 43.3 Å². The van der Waals surface area contributed by atoms with Gasteiger partial charge in [-0.25, -0.2) is 4.98 Å². The molecule has 3 heterocycles. The average molecular weight is 448 g/mol. The Bertz CT molecular complexity index is 1110. The molecule has 8 nitrogen and oxygen atoms in total. The van der Waals surface area contributed by atoms with E-state index in [1.165, 1.54) is 5.56 Å². The summed E-state index contributed by atoms with van der Waals surface area (Å²) in [4.78, 5) is 27.4. The van der Waals surface area contributed by atoms with E-state index in [1.54, 1.807) is 6.26 Å². The number of piperazine rings is 1. The van der Waals surface area contributed by atoms with E-state index in [4.69, 9.17) is 14.4 Å². The minimum atomic E-state index is -0.0172. The first kappa shape index (κ1) is 21.6. The average Bonchev–Trinajstić information content (AvgIpc) is 3.36. The van der Waals surface area contributed by atoms with Gasteiger partial charge in [-0.15, -0.1) is 0 Å². The smallest absolute Gasteiger partial charge is 0.227 e. The molecule has 1 fully saturated rings. The van der Waals surface area contributed by atoms with Gasteiger partial charge in [0.25, 0.3) is 0 Å². The largest absolute Gasteiger partial charge is 0.469 e. The number of carbonyl (C=O) groups excluding carboxylic acids is 1. The molecule has 2 aliphatic rings. The number of aliphatic hydroxyl groups is 1. The summed E-state index contributed by atoms with van der Waals surface area (Å²) in [5, 5.41) is 12.6. The number of nitrogens with one attached hydrogen (secondary N) is 1. The number of ketones is 1. The van der Waals surface area contributed by atoms with Gasteiger partial charge in [0, 0.05) is 57.2 Å². The quantitative estimate of drug-likeness (QED) is 0.595. The Hall–Kier alpha value is -3.23. The van der Waals surface area contributed by atoms with Crippen LogP contribution in [-0.2, 0) is 6.42 Å². The van der Waals surface area contributed by atoms with E-state index in [-0.39, 0.29) is 18.3 Å². The minimum absolute atomic E-state index is 0.0172. The maximum atomic E-state index is 13.3. The third kappa shape index (κ3) is 4.62. The van der Waals surface area contributed by atoms with Crippen molar-refractivity contribution in [2.24, 2.45) is 0 Å². The SMILES string of the molecule is Cc1ccc(Nc2nc(N3CCN(CCO)CC3)nc3c2C(=O)CC(c2ccco2)C3)cc1. The van der Waals surface area contributed by atoms with Crippen LogP contribution in [0.1, 0.15) is 39.7 Å². The Morgan fingerprint density at radius 2 is 1.88 bits per heavy atom. The molecule has 1 unspecified atom stereocenters. The molecule has 0 saturated carbocycles. The van der Waals surface area contributed by atoms with Crippen LogP contribution in [0.3, 0.4) is 0 Å². The number of nitrogens with zero attached hydrogens (tertiary/aromatic N) is 4. The number of Topliss-reactive ketones (excluding diaryl/α,β-unsaturated/α-hetero) is 1. The highest BCUT2D eigenvalue weighted by Gasteiger charge is 2.33. The van der Waals surface area contributed by atoms with E-state index in [9.17, 15) is 9.90 Å². The molecule has 1 saturated heterocycles. The molecule has 2 N–H and O–H groups in total. The van der Waals surface area contributed by atoms with E-state index in [1.807, 2.05) is 43.3 Å². The predicted molar refractivity (Wildman–Crippen MR) is 126 cm³/mol. The summed E-state index contributed by atoms with van der Waals surface area (Å²) in [6, 6.07) is 11.8. The summed E-state index contributed by atoms with van der Waals surface area (Å²) in [5.74, 6) is 2.04. The first-order valence-electron chi connectivity index (χ1n) is 11.5.